The molecule has 4 heterocycles. The van der Waals surface area contributed by atoms with Crippen LogP contribution in [0.2, 0.25) is 0 Å². The topological polar surface area (TPSA) is 196 Å². The summed E-state index contributed by atoms with van der Waals surface area (Å²) in [5, 5.41) is 14.6. The van der Waals surface area contributed by atoms with Gasteiger partial charge < -0.3 is 38.9 Å². The first-order valence-electron chi connectivity index (χ1n) is 12.4. The average Bonchev–Trinajstić information content (AvgIpc) is 3.45. The van der Waals surface area contributed by atoms with E-state index in [0.29, 0.717) is 18.4 Å². The van der Waals surface area contributed by atoms with Crippen molar-refractivity contribution in [3.05, 3.63) is 24.2 Å². The summed E-state index contributed by atoms with van der Waals surface area (Å²) in [7, 11) is 0. The minimum absolute atomic E-state index is 0.0721. The second-order valence-corrected chi connectivity index (χ2v) is 9.12. The Morgan fingerprint density at radius 3 is 2.54 bits per heavy atom. The Labute approximate surface area is 223 Å². The van der Waals surface area contributed by atoms with E-state index in [4.69, 9.17) is 38.9 Å². The van der Waals surface area contributed by atoms with Gasteiger partial charge in [-0.15, -0.1) is 0 Å². The van der Waals surface area contributed by atoms with Crippen LogP contribution in [0.5, 0.6) is 0 Å². The molecule has 2 aliphatic rings. The summed E-state index contributed by atoms with van der Waals surface area (Å²) in [4.78, 5) is 41.4. The van der Waals surface area contributed by atoms with Crippen LogP contribution in [-0.4, -0.2) is 77.3 Å². The molecule has 2 aromatic rings. The first-order chi connectivity index (χ1) is 18.7. The summed E-state index contributed by atoms with van der Waals surface area (Å²) in [6, 6.07) is 5.06. The second kappa shape index (κ2) is 12.0. The molecule has 4 atom stereocenters. The van der Waals surface area contributed by atoms with E-state index in [2.05, 4.69) is 10.1 Å². The van der Waals surface area contributed by atoms with Gasteiger partial charge in [0.25, 0.3) is 0 Å². The maximum Gasteiger partial charge on any atom is 0.508 e. The molecule has 2 saturated heterocycles. The van der Waals surface area contributed by atoms with Gasteiger partial charge in [-0.2, -0.15) is 10.4 Å². The number of aromatic nitrogens is 3. The van der Waals surface area contributed by atoms with Gasteiger partial charge in [-0.1, -0.05) is 0 Å². The molecule has 0 aromatic carbocycles. The maximum atomic E-state index is 12.7. The first-order valence-corrected chi connectivity index (χ1v) is 12.4. The summed E-state index contributed by atoms with van der Waals surface area (Å²) >= 11 is 0. The number of hydrogen-bond acceptors (Lipinski definition) is 14. The number of nitrogens with two attached hydrogens (primary N) is 1. The Kier molecular flexibility index (Phi) is 8.55. The molecule has 39 heavy (non-hydrogen) atoms. The van der Waals surface area contributed by atoms with Crippen LogP contribution in [-0.2, 0) is 38.8 Å². The number of rotatable bonds is 4. The van der Waals surface area contributed by atoms with Crippen molar-refractivity contribution in [2.24, 2.45) is 0 Å². The van der Waals surface area contributed by atoms with Crippen molar-refractivity contribution in [1.82, 2.24) is 14.6 Å². The fourth-order valence-electron chi connectivity index (χ4n) is 4.33. The van der Waals surface area contributed by atoms with Gasteiger partial charge >= 0.3 is 18.5 Å². The van der Waals surface area contributed by atoms with Gasteiger partial charge in [-0.3, -0.25) is 0 Å². The highest BCUT2D eigenvalue weighted by atomic mass is 16.8. The second-order valence-electron chi connectivity index (χ2n) is 9.12. The van der Waals surface area contributed by atoms with Gasteiger partial charge in [-0.25, -0.2) is 23.9 Å². The molecule has 2 aliphatic heterocycles. The normalized spacial score (nSPS) is 26.3. The highest BCUT2D eigenvalue weighted by Crippen LogP contribution is 2.44. The molecule has 0 radical (unpaired) electrons. The van der Waals surface area contributed by atoms with Crippen molar-refractivity contribution in [3.8, 4) is 6.07 Å². The third kappa shape index (κ3) is 6.06. The van der Waals surface area contributed by atoms with Crippen molar-refractivity contribution >= 4 is 29.8 Å². The number of hydrogen-bond donors (Lipinski definition) is 1. The van der Waals surface area contributed by atoms with Crippen LogP contribution < -0.4 is 5.73 Å². The molecule has 2 fully saturated rings. The molecule has 0 bridgehead atoms. The Morgan fingerprint density at radius 1 is 1.18 bits per heavy atom. The quantitative estimate of drug-likeness (QED) is 0.433. The number of anilines is 1. The molecule has 15 heteroatoms. The van der Waals surface area contributed by atoms with Gasteiger partial charge in [-0.05, 0) is 51.7 Å². The van der Waals surface area contributed by atoms with Crippen LogP contribution in [0.25, 0.3) is 5.52 Å². The Bertz CT molecular complexity index is 1240. The van der Waals surface area contributed by atoms with Gasteiger partial charge in [0.2, 0.25) is 5.60 Å². The number of carbonyl (C=O) groups is 3. The predicted molar refractivity (Wildman–Crippen MR) is 128 cm³/mol. The fourth-order valence-corrected chi connectivity index (χ4v) is 4.33. The largest absolute Gasteiger partial charge is 0.508 e. The van der Waals surface area contributed by atoms with Crippen molar-refractivity contribution in [3.63, 3.8) is 0 Å². The number of nitrogen functional groups attached to an aromatic ring is 1. The number of ether oxygens (including phenoxy) is 7. The van der Waals surface area contributed by atoms with Gasteiger partial charge in [0.05, 0.1) is 25.0 Å². The number of fused-ring (bicyclic) bond motifs is 2. The smallest absolute Gasteiger partial charge is 0.434 e. The van der Waals surface area contributed by atoms with Crippen LogP contribution in [0.3, 0.4) is 0 Å². The number of nitrogens with zero attached hydrogens (tertiary/aromatic N) is 4. The molecule has 0 unspecified atom stereocenters. The van der Waals surface area contributed by atoms with Crippen LogP contribution in [0, 0.1) is 11.3 Å². The predicted octanol–water partition coefficient (Wildman–Crippen LogP) is 2.61. The molecule has 4 rings (SSSR count). The van der Waals surface area contributed by atoms with Gasteiger partial charge in [0, 0.05) is 0 Å². The Morgan fingerprint density at radius 2 is 1.87 bits per heavy atom. The highest BCUT2D eigenvalue weighted by molar-refractivity contribution is 5.67. The number of carbonyl (C=O) groups excluding carboxylic acids is 3. The molecule has 0 amide bonds. The Balaban J connectivity index is 1.76. The zero-order chi connectivity index (χ0) is 28.0. The zero-order valence-electron chi connectivity index (χ0n) is 21.4. The average molecular weight is 548 g/mol. The minimum atomic E-state index is -2.12. The molecule has 2 aromatic heterocycles. The third-order valence-electron chi connectivity index (χ3n) is 6.06. The number of cyclic esters (lactones) is 2. The SMILES string of the molecule is CC(C)OC(=O)OC[C@H]1O[C@@](C#N)(c2ccc3c(N)ncnn23)[C@@H]2OC(=O)OCCCCCCOC(=O)O[C@@H]21. The van der Waals surface area contributed by atoms with Crippen LogP contribution in [0.4, 0.5) is 20.2 Å². The van der Waals surface area contributed by atoms with E-state index >= 15 is 0 Å². The van der Waals surface area contributed by atoms with E-state index in [0.717, 1.165) is 12.8 Å². The first kappa shape index (κ1) is 27.7. The lowest BCUT2D eigenvalue weighted by atomic mass is 9.92. The van der Waals surface area contributed by atoms with Crippen molar-refractivity contribution < 1.29 is 47.5 Å². The third-order valence-corrected chi connectivity index (χ3v) is 6.06. The summed E-state index contributed by atoms with van der Waals surface area (Å²) in [5.41, 5.74) is 4.26. The van der Waals surface area contributed by atoms with E-state index < -0.39 is 55.1 Å². The standard InChI is InChI=1S/C24H29N5O10/c1-14(2)36-23(32)35-11-16-18-19(38-22(31)34-10-6-4-3-5-9-33-21(30)37-18)24(12-25,39-16)17-8-7-15-20(26)27-13-28-29(15)17/h7-8,13-14,16,18-19H,3-6,9-11H2,1-2H3,(H2,26,27,28)/t16-,18-,19-,24+/m1/s1. The Hall–Kier alpha value is -4.32. The molecule has 15 nitrogen and oxygen atoms in total. The van der Waals surface area contributed by atoms with Crippen LogP contribution in [0.15, 0.2) is 18.5 Å². The fraction of sp³-hybridized carbons (Fsp3) is 0.583. The minimum Gasteiger partial charge on any atom is -0.434 e. The van der Waals surface area contributed by atoms with Gasteiger partial charge in [0.1, 0.15) is 30.6 Å². The van der Waals surface area contributed by atoms with Crippen molar-refractivity contribution in [1.29, 1.82) is 5.26 Å². The summed E-state index contributed by atoms with van der Waals surface area (Å²) in [6.45, 7) is 2.89. The highest BCUT2D eigenvalue weighted by Gasteiger charge is 2.63. The molecule has 2 N–H and O–H groups in total. The van der Waals surface area contributed by atoms with Crippen molar-refractivity contribution in [2.45, 2.75) is 69.5 Å². The summed E-state index contributed by atoms with van der Waals surface area (Å²) in [6.07, 6.45) is -4.30. The zero-order valence-corrected chi connectivity index (χ0v) is 21.4. The molecular formula is C24H29N5O10. The molecule has 0 spiro atoms. The van der Waals surface area contributed by atoms with E-state index in [1.165, 1.54) is 16.9 Å². The summed E-state index contributed by atoms with van der Waals surface area (Å²) in [5.74, 6) is 0.112. The lowest BCUT2D eigenvalue weighted by Gasteiger charge is -2.28. The van der Waals surface area contributed by atoms with Crippen LogP contribution >= 0.6 is 0 Å². The van der Waals surface area contributed by atoms with E-state index in [1.54, 1.807) is 19.9 Å². The van der Waals surface area contributed by atoms with E-state index in [1.807, 2.05) is 6.07 Å². The molecule has 0 saturated carbocycles. The number of nitriles is 1. The molecule has 0 aliphatic carbocycles. The van der Waals surface area contributed by atoms with Crippen molar-refractivity contribution in [2.75, 3.05) is 25.6 Å². The molecule has 210 valence electrons. The summed E-state index contributed by atoms with van der Waals surface area (Å²) < 4.78 is 39.0. The maximum absolute atomic E-state index is 12.7. The van der Waals surface area contributed by atoms with E-state index in [9.17, 15) is 19.6 Å². The van der Waals surface area contributed by atoms with Crippen LogP contribution in [0.1, 0.15) is 45.2 Å². The lowest BCUT2D eigenvalue weighted by molar-refractivity contribution is -0.0808. The van der Waals surface area contributed by atoms with Gasteiger partial charge in [0.15, 0.2) is 18.0 Å². The lowest BCUT2D eigenvalue weighted by Crippen LogP contribution is -2.46. The molecular weight excluding hydrogens is 518 g/mol. The van der Waals surface area contributed by atoms with E-state index in [-0.39, 0.29) is 24.7 Å². The monoisotopic (exact) mass is 547 g/mol.